The summed E-state index contributed by atoms with van der Waals surface area (Å²) in [5, 5.41) is 4.26. The quantitative estimate of drug-likeness (QED) is 0.562. The highest BCUT2D eigenvalue weighted by molar-refractivity contribution is 9.10. The molecule has 0 aliphatic carbocycles. The first-order valence-electron chi connectivity index (χ1n) is 7.46. The summed E-state index contributed by atoms with van der Waals surface area (Å²) in [4.78, 5) is 8.67. The molecular weight excluding hydrogens is 388 g/mol. The van der Waals surface area contributed by atoms with Crippen LogP contribution in [0.4, 0.5) is 0 Å². The van der Waals surface area contributed by atoms with E-state index in [4.69, 9.17) is 14.2 Å². The van der Waals surface area contributed by atoms with E-state index in [-0.39, 0.29) is 6.79 Å². The molecule has 3 aromatic rings. The normalized spacial score (nSPS) is 10.8. The van der Waals surface area contributed by atoms with Crippen LogP contribution in [-0.4, -0.2) is 40.8 Å². The molecule has 0 saturated heterocycles. The van der Waals surface area contributed by atoms with Crippen LogP contribution in [0.3, 0.4) is 0 Å². The van der Waals surface area contributed by atoms with Crippen LogP contribution < -0.4 is 4.74 Å². The van der Waals surface area contributed by atoms with Gasteiger partial charge in [-0.2, -0.15) is 5.10 Å². The van der Waals surface area contributed by atoms with E-state index in [1.165, 1.54) is 0 Å². The third-order valence-corrected chi connectivity index (χ3v) is 3.81. The molecule has 0 N–H and O–H groups in total. The molecule has 0 atom stereocenters. The van der Waals surface area contributed by atoms with Gasteiger partial charge in [0.05, 0.1) is 16.2 Å². The predicted molar refractivity (Wildman–Crippen MR) is 95.9 cm³/mol. The lowest BCUT2D eigenvalue weighted by Gasteiger charge is -2.11. The molecule has 0 amide bonds. The van der Waals surface area contributed by atoms with Gasteiger partial charge in [-0.1, -0.05) is 6.07 Å². The van der Waals surface area contributed by atoms with E-state index in [2.05, 4.69) is 31.0 Å². The molecule has 2 aromatic heterocycles. The van der Waals surface area contributed by atoms with E-state index < -0.39 is 0 Å². The van der Waals surface area contributed by atoms with E-state index >= 15 is 0 Å². The second-order valence-electron chi connectivity index (χ2n) is 5.17. The molecule has 0 aliphatic heterocycles. The lowest BCUT2D eigenvalue weighted by atomic mass is 10.1. The Bertz CT molecular complexity index is 836. The molecule has 25 heavy (non-hydrogen) atoms. The molecule has 0 spiro atoms. The molecule has 0 aliphatic rings. The summed E-state index contributed by atoms with van der Waals surface area (Å²) in [6.45, 7) is 0.535. The molecule has 3 rings (SSSR count). The van der Waals surface area contributed by atoms with Crippen molar-refractivity contribution in [1.29, 1.82) is 0 Å². The average molecular weight is 405 g/mol. The number of rotatable bonds is 7. The highest BCUT2D eigenvalue weighted by Gasteiger charge is 2.12. The number of halogens is 1. The zero-order valence-electron chi connectivity index (χ0n) is 13.8. The fraction of sp³-hybridized carbons (Fsp3) is 0.235. The molecule has 0 bridgehead atoms. The van der Waals surface area contributed by atoms with Crippen molar-refractivity contribution in [1.82, 2.24) is 19.7 Å². The van der Waals surface area contributed by atoms with Gasteiger partial charge >= 0.3 is 0 Å². The van der Waals surface area contributed by atoms with Crippen LogP contribution in [0, 0.1) is 0 Å². The summed E-state index contributed by atoms with van der Waals surface area (Å²) in [5.41, 5.74) is 2.72. The van der Waals surface area contributed by atoms with Gasteiger partial charge in [0.2, 0.25) is 0 Å². The number of ether oxygens (including phenoxy) is 3. The van der Waals surface area contributed by atoms with Crippen molar-refractivity contribution >= 4 is 15.9 Å². The molecule has 130 valence electrons. The summed E-state index contributed by atoms with van der Waals surface area (Å²) in [5.74, 6) is 1.22. The summed E-state index contributed by atoms with van der Waals surface area (Å²) in [6, 6.07) is 5.83. The zero-order chi connectivity index (χ0) is 17.6. The second-order valence-corrected chi connectivity index (χ2v) is 6.09. The fourth-order valence-electron chi connectivity index (χ4n) is 2.30. The Balaban J connectivity index is 1.97. The first-order valence-corrected chi connectivity index (χ1v) is 8.26. The van der Waals surface area contributed by atoms with E-state index in [1.807, 2.05) is 24.4 Å². The van der Waals surface area contributed by atoms with Gasteiger partial charge in [-0.15, -0.1) is 0 Å². The Morgan fingerprint density at radius 1 is 1.04 bits per heavy atom. The Morgan fingerprint density at radius 2 is 1.84 bits per heavy atom. The Morgan fingerprint density at radius 3 is 2.56 bits per heavy atom. The van der Waals surface area contributed by atoms with Gasteiger partial charge in [0.1, 0.15) is 12.5 Å². The predicted octanol–water partition coefficient (Wildman–Crippen LogP) is 3.36. The summed E-state index contributed by atoms with van der Waals surface area (Å²) in [6.07, 6.45) is 7.09. The fourth-order valence-corrected chi connectivity index (χ4v) is 2.50. The van der Waals surface area contributed by atoms with Crippen LogP contribution >= 0.6 is 15.9 Å². The highest BCUT2D eigenvalue weighted by Crippen LogP contribution is 2.32. The minimum Gasteiger partial charge on any atom is -0.467 e. The van der Waals surface area contributed by atoms with Crippen LogP contribution in [0.1, 0.15) is 0 Å². The van der Waals surface area contributed by atoms with E-state index in [0.717, 1.165) is 21.2 Å². The maximum Gasteiger partial charge on any atom is 0.188 e. The molecule has 2 heterocycles. The van der Waals surface area contributed by atoms with Gasteiger partial charge in [0.15, 0.2) is 12.6 Å². The van der Waals surface area contributed by atoms with Crippen molar-refractivity contribution in [3.05, 3.63) is 47.5 Å². The zero-order valence-corrected chi connectivity index (χ0v) is 15.4. The first-order chi connectivity index (χ1) is 12.2. The number of nitrogens with zero attached hydrogens (tertiary/aromatic N) is 4. The Kier molecular flexibility index (Phi) is 5.75. The van der Waals surface area contributed by atoms with Crippen LogP contribution in [0.15, 0.2) is 47.5 Å². The maximum absolute atomic E-state index is 5.72. The topological polar surface area (TPSA) is 71.3 Å². The van der Waals surface area contributed by atoms with Crippen molar-refractivity contribution in [2.45, 2.75) is 6.73 Å². The largest absolute Gasteiger partial charge is 0.467 e. The van der Waals surface area contributed by atoms with E-state index in [0.29, 0.717) is 18.3 Å². The monoisotopic (exact) mass is 404 g/mol. The molecular formula is C17H17BrN4O3. The third-order valence-electron chi connectivity index (χ3n) is 3.40. The van der Waals surface area contributed by atoms with E-state index in [9.17, 15) is 0 Å². The number of benzene rings is 1. The number of methoxy groups -OCH3 is 2. The van der Waals surface area contributed by atoms with Gasteiger partial charge in [0, 0.05) is 38.4 Å². The lowest BCUT2D eigenvalue weighted by molar-refractivity contribution is 0.0515. The van der Waals surface area contributed by atoms with Crippen LogP contribution in [-0.2, 0) is 16.2 Å². The van der Waals surface area contributed by atoms with Crippen LogP contribution in [0.25, 0.3) is 22.5 Å². The minimum atomic E-state index is 0.135. The molecule has 0 fully saturated rings. The van der Waals surface area contributed by atoms with Crippen molar-refractivity contribution in [3.8, 4) is 28.3 Å². The summed E-state index contributed by atoms with van der Waals surface area (Å²) >= 11 is 3.34. The molecule has 0 unspecified atom stereocenters. The number of hydrogen-bond acceptors (Lipinski definition) is 6. The van der Waals surface area contributed by atoms with Gasteiger partial charge in [-0.05, 0) is 33.6 Å². The Labute approximate surface area is 153 Å². The number of aromatic nitrogens is 4. The van der Waals surface area contributed by atoms with Crippen molar-refractivity contribution in [2.75, 3.05) is 21.0 Å². The van der Waals surface area contributed by atoms with Crippen molar-refractivity contribution in [3.63, 3.8) is 0 Å². The molecule has 8 heteroatoms. The minimum absolute atomic E-state index is 0.135. The Hall–Kier alpha value is -2.29. The SMILES string of the molecule is COCOc1cc(-c2cnn(COC)c2)ccc1-c1ncc(Br)cn1. The molecule has 0 saturated carbocycles. The summed E-state index contributed by atoms with van der Waals surface area (Å²) in [7, 11) is 3.21. The van der Waals surface area contributed by atoms with Crippen molar-refractivity contribution < 1.29 is 14.2 Å². The van der Waals surface area contributed by atoms with Gasteiger partial charge in [-0.3, -0.25) is 0 Å². The highest BCUT2D eigenvalue weighted by atomic mass is 79.9. The standard InChI is InChI=1S/C17H17BrN4O3/c1-23-10-22-9-13(6-21-22)12-3-4-15(16(5-12)25-11-24-2)17-19-7-14(18)8-20-17/h3-9H,10-11H2,1-2H3. The molecule has 1 aromatic carbocycles. The smallest absolute Gasteiger partial charge is 0.188 e. The maximum atomic E-state index is 5.72. The lowest BCUT2D eigenvalue weighted by Crippen LogP contribution is -2.01. The van der Waals surface area contributed by atoms with Gasteiger partial charge in [-0.25, -0.2) is 14.6 Å². The van der Waals surface area contributed by atoms with Gasteiger partial charge in [0.25, 0.3) is 0 Å². The molecule has 7 nitrogen and oxygen atoms in total. The summed E-state index contributed by atoms with van der Waals surface area (Å²) < 4.78 is 18.4. The third kappa shape index (κ3) is 4.22. The first kappa shape index (κ1) is 17.5. The van der Waals surface area contributed by atoms with Gasteiger partial charge < -0.3 is 14.2 Å². The number of hydrogen-bond donors (Lipinski definition) is 0. The van der Waals surface area contributed by atoms with Crippen LogP contribution in [0.5, 0.6) is 5.75 Å². The van der Waals surface area contributed by atoms with Crippen LogP contribution in [0.2, 0.25) is 0 Å². The van der Waals surface area contributed by atoms with Crippen molar-refractivity contribution in [2.24, 2.45) is 0 Å². The second kappa shape index (κ2) is 8.19. The average Bonchev–Trinajstić information content (AvgIpc) is 3.09. The van der Waals surface area contributed by atoms with E-state index in [1.54, 1.807) is 37.5 Å². The molecule has 0 radical (unpaired) electrons.